The number of H-pyrrole nitrogens is 1. The van der Waals surface area contributed by atoms with Crippen molar-refractivity contribution < 1.29 is 4.79 Å². The van der Waals surface area contributed by atoms with E-state index in [1.54, 1.807) is 12.3 Å². The largest absolute Gasteiger partial charge is 0.356 e. The minimum absolute atomic E-state index is 0.0623. The molecule has 1 amide bonds. The second-order valence-electron chi connectivity index (χ2n) is 5.18. The number of carbonyl (C=O) groups is 1. The number of aromatic amines is 1. The van der Waals surface area contributed by atoms with Crippen LogP contribution in [0.1, 0.15) is 36.7 Å². The number of nitrogens with one attached hydrogen (secondary N) is 2. The Labute approximate surface area is 119 Å². The third-order valence-electron chi connectivity index (χ3n) is 3.60. The molecule has 4 nitrogen and oxygen atoms in total. The molecule has 1 aromatic heterocycles. The lowest BCUT2D eigenvalue weighted by atomic mass is 9.97. The lowest BCUT2D eigenvalue weighted by Crippen LogP contribution is -2.39. The topological polar surface area (TPSA) is 48.1 Å². The molecule has 1 aromatic rings. The van der Waals surface area contributed by atoms with Gasteiger partial charge in [-0.15, -0.1) is 0 Å². The third-order valence-corrected chi connectivity index (χ3v) is 3.81. The molecule has 0 aromatic carbocycles. The van der Waals surface area contributed by atoms with Crippen molar-refractivity contribution in [3.63, 3.8) is 0 Å². The molecule has 0 atom stereocenters. The molecule has 0 aliphatic carbocycles. The summed E-state index contributed by atoms with van der Waals surface area (Å²) >= 11 is 5.87. The van der Waals surface area contributed by atoms with Crippen molar-refractivity contribution >= 4 is 17.5 Å². The molecule has 1 aliphatic rings. The van der Waals surface area contributed by atoms with Crippen LogP contribution in [0.4, 0.5) is 0 Å². The summed E-state index contributed by atoms with van der Waals surface area (Å²) < 4.78 is 0. The van der Waals surface area contributed by atoms with Crippen molar-refractivity contribution in [3.8, 4) is 0 Å². The molecule has 19 heavy (non-hydrogen) atoms. The quantitative estimate of drug-likeness (QED) is 0.872. The molecule has 2 N–H and O–H groups in total. The highest BCUT2D eigenvalue weighted by molar-refractivity contribution is 6.30. The van der Waals surface area contributed by atoms with Crippen molar-refractivity contribution in [2.45, 2.75) is 26.2 Å². The molecule has 2 rings (SSSR count). The number of nitrogens with zero attached hydrogens (tertiary/aromatic N) is 1. The Kier molecular flexibility index (Phi) is 5.28. The van der Waals surface area contributed by atoms with Crippen molar-refractivity contribution in [2.75, 3.05) is 26.2 Å². The average Bonchev–Trinajstić information content (AvgIpc) is 2.85. The van der Waals surface area contributed by atoms with Gasteiger partial charge in [-0.1, -0.05) is 18.5 Å². The summed E-state index contributed by atoms with van der Waals surface area (Å²) in [6.45, 7) is 5.88. The molecule has 5 heteroatoms. The minimum atomic E-state index is 0.0623. The van der Waals surface area contributed by atoms with E-state index in [1.807, 2.05) is 4.90 Å². The van der Waals surface area contributed by atoms with Crippen LogP contribution in [0.25, 0.3) is 0 Å². The molecule has 2 heterocycles. The van der Waals surface area contributed by atoms with E-state index < -0.39 is 0 Å². The molecule has 0 bridgehead atoms. The number of halogens is 1. The number of hydrogen-bond donors (Lipinski definition) is 2. The summed E-state index contributed by atoms with van der Waals surface area (Å²) in [5, 5.41) is 3.94. The zero-order valence-electron chi connectivity index (χ0n) is 11.4. The van der Waals surface area contributed by atoms with Gasteiger partial charge < -0.3 is 15.2 Å². The highest BCUT2D eigenvalue weighted by Crippen LogP contribution is 2.17. The van der Waals surface area contributed by atoms with Crippen LogP contribution < -0.4 is 5.32 Å². The van der Waals surface area contributed by atoms with E-state index in [1.165, 1.54) is 0 Å². The summed E-state index contributed by atoms with van der Waals surface area (Å²) in [4.78, 5) is 17.3. The van der Waals surface area contributed by atoms with Crippen LogP contribution in [0.5, 0.6) is 0 Å². The van der Waals surface area contributed by atoms with Crippen LogP contribution >= 0.6 is 11.6 Å². The molecular formula is C14H22ClN3O. The van der Waals surface area contributed by atoms with Crippen molar-refractivity contribution in [3.05, 3.63) is 23.0 Å². The fourth-order valence-electron chi connectivity index (χ4n) is 2.58. The first kappa shape index (κ1) is 14.4. The molecule has 1 aliphatic heterocycles. The zero-order chi connectivity index (χ0) is 13.7. The molecule has 0 spiro atoms. The Balaban J connectivity index is 1.99. The predicted molar refractivity (Wildman–Crippen MR) is 77.6 cm³/mol. The third kappa shape index (κ3) is 3.98. The standard InChI is InChI=1S/C14H22ClN3O/c1-2-7-18(10-11-3-5-16-6-4-11)14(19)13-8-12(15)9-17-13/h8-9,11,16-17H,2-7,10H2,1H3. The van der Waals surface area contributed by atoms with Gasteiger partial charge in [-0.25, -0.2) is 0 Å². The van der Waals surface area contributed by atoms with Crippen LogP contribution in [-0.4, -0.2) is 42.0 Å². The SMILES string of the molecule is CCCN(CC1CCNCC1)C(=O)c1cc(Cl)c[nH]1. The van der Waals surface area contributed by atoms with E-state index in [4.69, 9.17) is 11.6 Å². The van der Waals surface area contributed by atoms with Crippen LogP contribution in [0.15, 0.2) is 12.3 Å². The number of amides is 1. The normalized spacial score (nSPS) is 16.5. The van der Waals surface area contributed by atoms with Gasteiger partial charge in [0.05, 0.1) is 5.02 Å². The first-order chi connectivity index (χ1) is 9.20. The van der Waals surface area contributed by atoms with E-state index in [0.29, 0.717) is 16.6 Å². The van der Waals surface area contributed by atoms with Gasteiger partial charge in [0, 0.05) is 19.3 Å². The van der Waals surface area contributed by atoms with Gasteiger partial charge in [0.25, 0.3) is 5.91 Å². The van der Waals surface area contributed by atoms with E-state index in [2.05, 4.69) is 17.2 Å². The van der Waals surface area contributed by atoms with E-state index in [9.17, 15) is 4.79 Å². The monoisotopic (exact) mass is 283 g/mol. The fraction of sp³-hybridized carbons (Fsp3) is 0.643. The summed E-state index contributed by atoms with van der Waals surface area (Å²) in [5.74, 6) is 0.675. The number of piperidine rings is 1. The number of hydrogen-bond acceptors (Lipinski definition) is 2. The van der Waals surface area contributed by atoms with Gasteiger partial charge in [-0.3, -0.25) is 4.79 Å². The van der Waals surface area contributed by atoms with Gasteiger partial charge in [-0.2, -0.15) is 0 Å². The van der Waals surface area contributed by atoms with E-state index in [0.717, 1.165) is 45.4 Å². The smallest absolute Gasteiger partial charge is 0.270 e. The summed E-state index contributed by atoms with van der Waals surface area (Å²) in [5.41, 5.74) is 0.590. The highest BCUT2D eigenvalue weighted by Gasteiger charge is 2.22. The van der Waals surface area contributed by atoms with Crippen LogP contribution in [-0.2, 0) is 0 Å². The van der Waals surface area contributed by atoms with Crippen molar-refractivity contribution in [1.29, 1.82) is 0 Å². The first-order valence-electron chi connectivity index (χ1n) is 7.04. The number of carbonyl (C=O) groups excluding carboxylic acids is 1. The Hall–Kier alpha value is -1.00. The van der Waals surface area contributed by atoms with E-state index >= 15 is 0 Å². The second-order valence-corrected chi connectivity index (χ2v) is 5.61. The first-order valence-corrected chi connectivity index (χ1v) is 7.42. The Morgan fingerprint density at radius 2 is 2.21 bits per heavy atom. The molecular weight excluding hydrogens is 262 g/mol. The van der Waals surface area contributed by atoms with Crippen molar-refractivity contribution in [2.24, 2.45) is 5.92 Å². The Bertz CT molecular complexity index is 413. The van der Waals surface area contributed by atoms with Gasteiger partial charge >= 0.3 is 0 Å². The Morgan fingerprint density at radius 1 is 1.47 bits per heavy atom. The zero-order valence-corrected chi connectivity index (χ0v) is 12.2. The van der Waals surface area contributed by atoms with Crippen LogP contribution in [0.3, 0.4) is 0 Å². The maximum atomic E-state index is 12.4. The van der Waals surface area contributed by atoms with Gasteiger partial charge in [0.1, 0.15) is 5.69 Å². The fourth-order valence-corrected chi connectivity index (χ4v) is 2.75. The maximum absolute atomic E-state index is 12.4. The predicted octanol–water partition coefficient (Wildman–Crippen LogP) is 2.52. The summed E-state index contributed by atoms with van der Waals surface area (Å²) in [6.07, 6.45) is 4.94. The van der Waals surface area contributed by atoms with Crippen molar-refractivity contribution in [1.82, 2.24) is 15.2 Å². The highest BCUT2D eigenvalue weighted by atomic mass is 35.5. The molecule has 0 radical (unpaired) electrons. The summed E-state index contributed by atoms with van der Waals surface area (Å²) in [7, 11) is 0. The van der Waals surface area contributed by atoms with Crippen LogP contribution in [0, 0.1) is 5.92 Å². The molecule has 0 unspecified atom stereocenters. The molecule has 1 fully saturated rings. The number of aromatic nitrogens is 1. The van der Waals surface area contributed by atoms with Gasteiger partial charge in [0.15, 0.2) is 0 Å². The van der Waals surface area contributed by atoms with Crippen LogP contribution in [0.2, 0.25) is 5.02 Å². The minimum Gasteiger partial charge on any atom is -0.356 e. The molecule has 106 valence electrons. The van der Waals surface area contributed by atoms with Gasteiger partial charge in [0.2, 0.25) is 0 Å². The second kappa shape index (κ2) is 6.96. The van der Waals surface area contributed by atoms with Gasteiger partial charge in [-0.05, 0) is 44.3 Å². The number of rotatable bonds is 5. The summed E-state index contributed by atoms with van der Waals surface area (Å²) in [6, 6.07) is 1.70. The lowest BCUT2D eigenvalue weighted by Gasteiger charge is -2.29. The molecule has 0 saturated carbocycles. The average molecular weight is 284 g/mol. The Morgan fingerprint density at radius 3 is 2.79 bits per heavy atom. The van der Waals surface area contributed by atoms with E-state index in [-0.39, 0.29) is 5.91 Å². The maximum Gasteiger partial charge on any atom is 0.270 e. The lowest BCUT2D eigenvalue weighted by molar-refractivity contribution is 0.0711. The molecule has 1 saturated heterocycles.